The van der Waals surface area contributed by atoms with Gasteiger partial charge in [0, 0.05) is 17.9 Å². The Kier molecular flexibility index (Phi) is 4.26. The molecule has 0 unspecified atom stereocenters. The lowest BCUT2D eigenvalue weighted by atomic mass is 9.85. The van der Waals surface area contributed by atoms with Gasteiger partial charge in [-0.1, -0.05) is 45.3 Å². The zero-order chi connectivity index (χ0) is 12.4. The van der Waals surface area contributed by atoms with Gasteiger partial charge < -0.3 is 4.90 Å². The molecule has 2 rings (SSSR count). The SMILES string of the molecule is Cc1cc(C)cc(CN(C)CC2CC(Br)C2)c1. The summed E-state index contributed by atoms with van der Waals surface area (Å²) in [6, 6.07) is 6.85. The van der Waals surface area contributed by atoms with Crippen LogP contribution in [-0.4, -0.2) is 23.3 Å². The third-order valence-electron chi connectivity index (χ3n) is 3.48. The topological polar surface area (TPSA) is 3.24 Å². The van der Waals surface area contributed by atoms with Gasteiger partial charge in [0.05, 0.1) is 0 Å². The standard InChI is InChI=1S/C15H22BrN/c1-11-4-12(2)6-13(5-11)9-17(3)10-14-7-15(16)8-14/h4-6,14-15H,7-10H2,1-3H3. The molecule has 0 aromatic heterocycles. The highest BCUT2D eigenvalue weighted by Gasteiger charge is 2.27. The fourth-order valence-corrected chi connectivity index (χ4v) is 3.84. The average molecular weight is 296 g/mol. The Morgan fingerprint density at radius 3 is 2.29 bits per heavy atom. The number of alkyl halides is 1. The van der Waals surface area contributed by atoms with E-state index in [9.17, 15) is 0 Å². The maximum atomic E-state index is 3.66. The van der Waals surface area contributed by atoms with Gasteiger partial charge in [0.2, 0.25) is 0 Å². The second-order valence-electron chi connectivity index (χ2n) is 5.63. The van der Waals surface area contributed by atoms with Gasteiger partial charge in [0.1, 0.15) is 0 Å². The van der Waals surface area contributed by atoms with Crippen LogP contribution in [-0.2, 0) is 6.54 Å². The molecule has 0 radical (unpaired) electrons. The van der Waals surface area contributed by atoms with Crippen molar-refractivity contribution in [1.82, 2.24) is 4.90 Å². The number of rotatable bonds is 4. The third-order valence-corrected chi connectivity index (χ3v) is 4.23. The highest BCUT2D eigenvalue weighted by Crippen LogP contribution is 2.33. The molecule has 0 heterocycles. The molecule has 1 aliphatic rings. The zero-order valence-electron chi connectivity index (χ0n) is 11.0. The van der Waals surface area contributed by atoms with Crippen molar-refractivity contribution >= 4 is 15.9 Å². The van der Waals surface area contributed by atoms with E-state index in [2.05, 4.69) is 59.9 Å². The van der Waals surface area contributed by atoms with Gasteiger partial charge >= 0.3 is 0 Å². The van der Waals surface area contributed by atoms with E-state index in [0.29, 0.717) is 0 Å². The van der Waals surface area contributed by atoms with E-state index >= 15 is 0 Å². The lowest BCUT2D eigenvalue weighted by Crippen LogP contribution is -2.34. The van der Waals surface area contributed by atoms with E-state index in [1.54, 1.807) is 0 Å². The Balaban J connectivity index is 1.86. The van der Waals surface area contributed by atoms with Crippen molar-refractivity contribution in [3.8, 4) is 0 Å². The van der Waals surface area contributed by atoms with E-state index in [-0.39, 0.29) is 0 Å². The summed E-state index contributed by atoms with van der Waals surface area (Å²) in [6.45, 7) is 6.66. The van der Waals surface area contributed by atoms with Gasteiger partial charge in [-0.2, -0.15) is 0 Å². The number of nitrogens with zero attached hydrogens (tertiary/aromatic N) is 1. The summed E-state index contributed by atoms with van der Waals surface area (Å²) in [5.41, 5.74) is 4.19. The molecule has 1 fully saturated rings. The number of aryl methyl sites for hydroxylation is 2. The van der Waals surface area contributed by atoms with E-state index < -0.39 is 0 Å². The van der Waals surface area contributed by atoms with Crippen molar-refractivity contribution in [2.75, 3.05) is 13.6 Å². The molecule has 1 aliphatic carbocycles. The molecule has 0 aliphatic heterocycles. The molecule has 0 saturated heterocycles. The first kappa shape index (κ1) is 13.1. The largest absolute Gasteiger partial charge is 0.302 e. The second-order valence-corrected chi connectivity index (χ2v) is 6.92. The summed E-state index contributed by atoms with van der Waals surface area (Å²) in [5, 5.41) is 0. The van der Waals surface area contributed by atoms with Gasteiger partial charge in [0.15, 0.2) is 0 Å². The molecular weight excluding hydrogens is 274 g/mol. The van der Waals surface area contributed by atoms with Crippen LogP contribution in [0.4, 0.5) is 0 Å². The molecular formula is C15H22BrN. The molecule has 1 saturated carbocycles. The summed E-state index contributed by atoms with van der Waals surface area (Å²) in [6.07, 6.45) is 2.69. The second kappa shape index (κ2) is 5.53. The Hall–Kier alpha value is -0.340. The molecule has 17 heavy (non-hydrogen) atoms. The molecule has 0 bridgehead atoms. The van der Waals surface area contributed by atoms with Crippen LogP contribution in [0.15, 0.2) is 18.2 Å². The van der Waals surface area contributed by atoms with Crippen molar-refractivity contribution in [3.05, 3.63) is 34.9 Å². The summed E-state index contributed by atoms with van der Waals surface area (Å²) in [7, 11) is 2.24. The smallest absolute Gasteiger partial charge is 0.0231 e. The monoisotopic (exact) mass is 295 g/mol. The molecule has 0 atom stereocenters. The fourth-order valence-electron chi connectivity index (χ4n) is 2.78. The first-order valence-corrected chi connectivity index (χ1v) is 7.34. The first-order chi connectivity index (χ1) is 8.02. The molecule has 0 N–H and O–H groups in total. The quantitative estimate of drug-likeness (QED) is 0.761. The van der Waals surface area contributed by atoms with Crippen LogP contribution < -0.4 is 0 Å². The van der Waals surface area contributed by atoms with Crippen LogP contribution in [0.3, 0.4) is 0 Å². The predicted octanol–water partition coefficient (Wildman–Crippen LogP) is 3.91. The number of benzene rings is 1. The summed E-state index contributed by atoms with van der Waals surface area (Å²) >= 11 is 3.66. The fraction of sp³-hybridized carbons (Fsp3) is 0.600. The average Bonchev–Trinajstić information content (AvgIpc) is 2.13. The Bertz CT molecular complexity index is 362. The lowest BCUT2D eigenvalue weighted by Gasteiger charge is -2.34. The van der Waals surface area contributed by atoms with Crippen LogP contribution in [0, 0.1) is 19.8 Å². The molecule has 1 aromatic carbocycles. The van der Waals surface area contributed by atoms with Crippen LogP contribution in [0.25, 0.3) is 0 Å². The number of hydrogen-bond donors (Lipinski definition) is 0. The van der Waals surface area contributed by atoms with Gasteiger partial charge in [-0.05, 0) is 45.2 Å². The Morgan fingerprint density at radius 2 is 1.76 bits per heavy atom. The minimum Gasteiger partial charge on any atom is -0.302 e. The highest BCUT2D eigenvalue weighted by molar-refractivity contribution is 9.09. The Morgan fingerprint density at radius 1 is 1.18 bits per heavy atom. The lowest BCUT2D eigenvalue weighted by molar-refractivity contribution is 0.208. The van der Waals surface area contributed by atoms with Crippen LogP contribution in [0.5, 0.6) is 0 Å². The van der Waals surface area contributed by atoms with Crippen LogP contribution in [0.2, 0.25) is 0 Å². The first-order valence-electron chi connectivity index (χ1n) is 6.42. The minimum atomic E-state index is 0.780. The van der Waals surface area contributed by atoms with Crippen molar-refractivity contribution in [1.29, 1.82) is 0 Å². The van der Waals surface area contributed by atoms with E-state index in [4.69, 9.17) is 0 Å². The van der Waals surface area contributed by atoms with Crippen molar-refractivity contribution in [2.45, 2.75) is 38.1 Å². The van der Waals surface area contributed by atoms with Gasteiger partial charge in [-0.15, -0.1) is 0 Å². The third kappa shape index (κ3) is 3.82. The number of hydrogen-bond acceptors (Lipinski definition) is 1. The molecule has 1 nitrogen and oxygen atoms in total. The predicted molar refractivity (Wildman–Crippen MR) is 77.7 cm³/mol. The zero-order valence-corrected chi connectivity index (χ0v) is 12.6. The number of halogens is 1. The Labute approximate surface area is 113 Å². The van der Waals surface area contributed by atoms with Crippen LogP contribution >= 0.6 is 15.9 Å². The molecule has 0 amide bonds. The molecule has 94 valence electrons. The summed E-state index contributed by atoms with van der Waals surface area (Å²) in [5.74, 6) is 0.898. The normalized spacial score (nSPS) is 23.8. The van der Waals surface area contributed by atoms with Gasteiger partial charge in [0.25, 0.3) is 0 Å². The summed E-state index contributed by atoms with van der Waals surface area (Å²) < 4.78 is 0. The maximum absolute atomic E-state index is 3.66. The van der Waals surface area contributed by atoms with Crippen molar-refractivity contribution in [3.63, 3.8) is 0 Å². The molecule has 2 heteroatoms. The maximum Gasteiger partial charge on any atom is 0.0231 e. The molecule has 1 aromatic rings. The van der Waals surface area contributed by atoms with Gasteiger partial charge in [-0.25, -0.2) is 0 Å². The van der Waals surface area contributed by atoms with Gasteiger partial charge in [-0.3, -0.25) is 0 Å². The van der Waals surface area contributed by atoms with Crippen molar-refractivity contribution < 1.29 is 0 Å². The highest BCUT2D eigenvalue weighted by atomic mass is 79.9. The van der Waals surface area contributed by atoms with Crippen LogP contribution in [0.1, 0.15) is 29.5 Å². The van der Waals surface area contributed by atoms with E-state index in [0.717, 1.165) is 17.3 Å². The molecule has 0 spiro atoms. The summed E-state index contributed by atoms with van der Waals surface area (Å²) in [4.78, 5) is 3.24. The van der Waals surface area contributed by atoms with Crippen molar-refractivity contribution in [2.24, 2.45) is 5.92 Å². The minimum absolute atomic E-state index is 0.780. The van der Waals surface area contributed by atoms with E-state index in [1.807, 2.05) is 0 Å². The van der Waals surface area contributed by atoms with E-state index in [1.165, 1.54) is 36.1 Å².